The first-order valence-corrected chi connectivity index (χ1v) is 10.7. The van der Waals surface area contributed by atoms with E-state index in [1.807, 2.05) is 26.0 Å². The normalized spacial score (nSPS) is 20.0. The number of amides is 1. The van der Waals surface area contributed by atoms with Gasteiger partial charge in [-0.15, -0.1) is 0 Å². The van der Waals surface area contributed by atoms with E-state index >= 15 is 0 Å². The maximum Gasteiger partial charge on any atom is 0.356 e. The highest BCUT2D eigenvalue weighted by atomic mass is 32.2. The fraction of sp³-hybridized carbons (Fsp3) is 0.318. The van der Waals surface area contributed by atoms with Gasteiger partial charge in [-0.2, -0.15) is 0 Å². The van der Waals surface area contributed by atoms with Crippen LogP contribution in [0.3, 0.4) is 0 Å². The minimum Gasteiger partial charge on any atom is -0.456 e. The number of aromatic nitrogens is 1. The second-order valence-corrected chi connectivity index (χ2v) is 8.97. The molecule has 2 aromatic rings. The molecule has 0 radical (unpaired) electrons. The van der Waals surface area contributed by atoms with Gasteiger partial charge in [-0.1, -0.05) is 25.6 Å². The number of fused-ring (bicyclic) bond motifs is 1. The molecule has 0 bridgehead atoms. The van der Waals surface area contributed by atoms with Crippen molar-refractivity contribution in [2.75, 3.05) is 0 Å². The number of β-lactam (4-membered cyclic amide) rings is 1. The van der Waals surface area contributed by atoms with Crippen molar-refractivity contribution in [3.8, 4) is 0 Å². The SMILES string of the molecule is CC(C)C1C(=O)N2C(C(=O)OCc3ccc([N+](=O)[O-])cc3)=C(Sc3ccncc3)CC12. The molecule has 4 rings (SSSR count). The Morgan fingerprint density at radius 3 is 2.55 bits per heavy atom. The van der Waals surface area contributed by atoms with Crippen molar-refractivity contribution < 1.29 is 19.2 Å². The molecular formula is C22H21N3O5S. The van der Waals surface area contributed by atoms with Crippen LogP contribution in [0.1, 0.15) is 25.8 Å². The molecule has 9 heteroatoms. The summed E-state index contributed by atoms with van der Waals surface area (Å²) in [5, 5.41) is 10.8. The van der Waals surface area contributed by atoms with Crippen LogP contribution in [-0.2, 0) is 20.9 Å². The summed E-state index contributed by atoms with van der Waals surface area (Å²) in [6.45, 7) is 3.99. The zero-order chi connectivity index (χ0) is 22.1. The van der Waals surface area contributed by atoms with Crippen LogP contribution in [-0.4, -0.2) is 32.7 Å². The number of esters is 1. The van der Waals surface area contributed by atoms with E-state index in [4.69, 9.17) is 4.74 Å². The average molecular weight is 439 g/mol. The Kier molecular flexibility index (Phi) is 5.77. The zero-order valence-corrected chi connectivity index (χ0v) is 17.9. The molecule has 3 heterocycles. The third kappa shape index (κ3) is 4.05. The van der Waals surface area contributed by atoms with Crippen molar-refractivity contribution in [1.82, 2.24) is 9.88 Å². The molecule has 0 saturated carbocycles. The second-order valence-electron chi connectivity index (χ2n) is 7.81. The third-order valence-corrected chi connectivity index (χ3v) is 6.60. The lowest BCUT2D eigenvalue weighted by Crippen LogP contribution is -2.60. The van der Waals surface area contributed by atoms with Gasteiger partial charge in [0.1, 0.15) is 12.3 Å². The number of nitrogens with zero attached hydrogens (tertiary/aromatic N) is 3. The molecule has 1 saturated heterocycles. The molecule has 1 aromatic carbocycles. The van der Waals surface area contributed by atoms with Gasteiger partial charge in [-0.3, -0.25) is 19.9 Å². The molecule has 2 aliphatic rings. The van der Waals surface area contributed by atoms with E-state index in [0.29, 0.717) is 17.7 Å². The Morgan fingerprint density at radius 1 is 1.26 bits per heavy atom. The first-order chi connectivity index (χ1) is 14.9. The predicted octanol–water partition coefficient (Wildman–Crippen LogP) is 3.92. The number of nitro groups is 1. The van der Waals surface area contributed by atoms with Gasteiger partial charge in [0.25, 0.3) is 5.69 Å². The summed E-state index contributed by atoms with van der Waals surface area (Å²) in [6, 6.07) is 9.51. The summed E-state index contributed by atoms with van der Waals surface area (Å²) in [5.74, 6) is -0.523. The Morgan fingerprint density at radius 2 is 1.94 bits per heavy atom. The molecule has 0 aliphatic carbocycles. The van der Waals surface area contributed by atoms with Crippen LogP contribution in [0.4, 0.5) is 5.69 Å². The lowest BCUT2D eigenvalue weighted by Gasteiger charge is -2.45. The second kappa shape index (κ2) is 8.50. The minimum absolute atomic E-state index is 0.0289. The number of carbonyl (C=O) groups excluding carboxylic acids is 2. The topological polar surface area (TPSA) is 103 Å². The number of hydrogen-bond acceptors (Lipinski definition) is 7. The molecule has 2 atom stereocenters. The van der Waals surface area contributed by atoms with E-state index in [9.17, 15) is 19.7 Å². The van der Waals surface area contributed by atoms with Crippen molar-refractivity contribution >= 4 is 29.3 Å². The number of hydrogen-bond donors (Lipinski definition) is 0. The van der Waals surface area contributed by atoms with Crippen LogP contribution in [0.15, 0.2) is 64.3 Å². The molecule has 1 amide bonds. The number of pyridine rings is 1. The lowest BCUT2D eigenvalue weighted by molar-refractivity contribution is -0.384. The van der Waals surface area contributed by atoms with E-state index < -0.39 is 10.9 Å². The van der Waals surface area contributed by atoms with Crippen molar-refractivity contribution in [1.29, 1.82) is 0 Å². The number of carbonyl (C=O) groups is 2. The van der Waals surface area contributed by atoms with Crippen LogP contribution < -0.4 is 0 Å². The van der Waals surface area contributed by atoms with Gasteiger partial charge >= 0.3 is 5.97 Å². The number of rotatable bonds is 7. The summed E-state index contributed by atoms with van der Waals surface area (Å²) < 4.78 is 5.49. The van der Waals surface area contributed by atoms with Crippen LogP contribution in [0.25, 0.3) is 0 Å². The van der Waals surface area contributed by atoms with Gasteiger partial charge in [-0.25, -0.2) is 4.79 Å². The Balaban J connectivity index is 1.54. The number of ether oxygens (including phenoxy) is 1. The van der Waals surface area contributed by atoms with Gasteiger partial charge in [0.2, 0.25) is 5.91 Å². The molecule has 0 N–H and O–H groups in total. The lowest BCUT2D eigenvalue weighted by atomic mass is 9.79. The fourth-order valence-corrected chi connectivity index (χ4v) is 5.07. The minimum atomic E-state index is -0.562. The maximum atomic E-state index is 13.0. The largest absolute Gasteiger partial charge is 0.456 e. The van der Waals surface area contributed by atoms with Gasteiger partial charge in [-0.05, 0) is 35.7 Å². The number of thioether (sulfide) groups is 1. The van der Waals surface area contributed by atoms with Crippen molar-refractivity contribution in [2.24, 2.45) is 11.8 Å². The molecule has 160 valence electrons. The summed E-state index contributed by atoms with van der Waals surface area (Å²) in [7, 11) is 0. The standard InChI is InChI=1S/C22H21N3O5S/c1-13(2)19-17-11-18(31-16-7-9-23-10-8-16)20(24(17)21(19)26)22(27)30-12-14-3-5-15(6-4-14)25(28)29/h3-10,13,17,19H,11-12H2,1-2H3. The van der Waals surface area contributed by atoms with Gasteiger partial charge < -0.3 is 9.64 Å². The van der Waals surface area contributed by atoms with E-state index in [0.717, 1.165) is 9.80 Å². The predicted molar refractivity (Wildman–Crippen MR) is 114 cm³/mol. The van der Waals surface area contributed by atoms with Gasteiger partial charge in [0.05, 0.1) is 16.9 Å². The van der Waals surface area contributed by atoms with Crippen molar-refractivity contribution in [3.05, 3.63) is 75.1 Å². The number of non-ortho nitro benzene ring substituents is 1. The van der Waals surface area contributed by atoms with Crippen LogP contribution in [0.5, 0.6) is 0 Å². The summed E-state index contributed by atoms with van der Waals surface area (Å²) in [4.78, 5) is 43.4. The van der Waals surface area contributed by atoms with Gasteiger partial charge in [0.15, 0.2) is 0 Å². The summed E-state index contributed by atoms with van der Waals surface area (Å²) in [5.41, 5.74) is 0.904. The fourth-order valence-electron chi connectivity index (χ4n) is 3.99. The van der Waals surface area contributed by atoms with Gasteiger partial charge in [0, 0.05) is 40.7 Å². The van der Waals surface area contributed by atoms with Crippen LogP contribution in [0.2, 0.25) is 0 Å². The Bertz CT molecular complexity index is 1050. The van der Waals surface area contributed by atoms with Crippen molar-refractivity contribution in [3.63, 3.8) is 0 Å². The molecule has 2 unspecified atom stereocenters. The first-order valence-electron chi connectivity index (χ1n) is 9.91. The van der Waals surface area contributed by atoms with Crippen LogP contribution >= 0.6 is 11.8 Å². The van der Waals surface area contributed by atoms with Crippen molar-refractivity contribution in [2.45, 2.75) is 37.8 Å². The highest BCUT2D eigenvalue weighted by Gasteiger charge is 2.56. The molecule has 2 aliphatic heterocycles. The number of benzene rings is 1. The third-order valence-electron chi connectivity index (χ3n) is 5.49. The summed E-state index contributed by atoms with van der Waals surface area (Å²) >= 11 is 1.45. The molecule has 1 aromatic heterocycles. The average Bonchev–Trinajstić information content (AvgIpc) is 3.06. The maximum absolute atomic E-state index is 13.0. The van der Waals surface area contributed by atoms with E-state index in [1.54, 1.807) is 29.4 Å². The monoisotopic (exact) mass is 439 g/mol. The Labute approximate surface area is 183 Å². The molecule has 8 nitrogen and oxygen atoms in total. The van der Waals surface area contributed by atoms with E-state index in [2.05, 4.69) is 4.98 Å². The van der Waals surface area contributed by atoms with Crippen LogP contribution in [0, 0.1) is 22.0 Å². The van der Waals surface area contributed by atoms with E-state index in [-0.39, 0.29) is 36.1 Å². The zero-order valence-electron chi connectivity index (χ0n) is 17.1. The Hall–Kier alpha value is -3.20. The quantitative estimate of drug-likeness (QED) is 0.279. The van der Waals surface area contributed by atoms with E-state index in [1.165, 1.54) is 23.9 Å². The smallest absolute Gasteiger partial charge is 0.356 e. The highest BCUT2D eigenvalue weighted by Crippen LogP contribution is 2.49. The first kappa shape index (κ1) is 21.0. The molecule has 0 spiro atoms. The molecule has 31 heavy (non-hydrogen) atoms. The highest BCUT2D eigenvalue weighted by molar-refractivity contribution is 8.03. The molecular weight excluding hydrogens is 418 g/mol. The molecule has 1 fully saturated rings. The summed E-state index contributed by atoms with van der Waals surface area (Å²) in [6.07, 6.45) is 3.98. The number of nitro benzene ring substituents is 1.